The lowest BCUT2D eigenvalue weighted by Gasteiger charge is -2.09. The summed E-state index contributed by atoms with van der Waals surface area (Å²) in [5, 5.41) is 0.0684. The van der Waals surface area contributed by atoms with Crippen molar-refractivity contribution in [1.29, 1.82) is 0 Å². The van der Waals surface area contributed by atoms with Gasteiger partial charge in [-0.25, -0.2) is 14.4 Å². The maximum absolute atomic E-state index is 13.4. The lowest BCUT2D eigenvalue weighted by molar-refractivity contribution is 0.627. The molecule has 21 heavy (non-hydrogen) atoms. The van der Waals surface area contributed by atoms with E-state index in [-0.39, 0.29) is 5.02 Å². The summed E-state index contributed by atoms with van der Waals surface area (Å²) in [7, 11) is 0. The van der Waals surface area contributed by atoms with Gasteiger partial charge in [0.2, 0.25) is 0 Å². The molecule has 3 aromatic rings. The van der Waals surface area contributed by atoms with Crippen molar-refractivity contribution < 1.29 is 4.39 Å². The number of rotatable bonds is 3. The summed E-state index contributed by atoms with van der Waals surface area (Å²) in [6.07, 6.45) is 0.589. The van der Waals surface area contributed by atoms with Crippen LogP contribution in [-0.4, -0.2) is 20.4 Å². The molecule has 0 fully saturated rings. The molecule has 0 saturated heterocycles. The first-order valence-corrected chi connectivity index (χ1v) is 7.38. The summed E-state index contributed by atoms with van der Waals surface area (Å²) in [4.78, 5) is 9.08. The number of alkyl halides is 1. The predicted molar refractivity (Wildman–Crippen MR) is 83.0 cm³/mol. The van der Waals surface area contributed by atoms with Crippen LogP contribution in [0.4, 0.5) is 4.39 Å². The average Bonchev–Trinajstić information content (AvgIpc) is 2.80. The van der Waals surface area contributed by atoms with Gasteiger partial charge in [0.05, 0.1) is 10.7 Å². The molecule has 0 atom stereocenters. The molecule has 0 unspecified atom stereocenters. The van der Waals surface area contributed by atoms with E-state index in [0.717, 1.165) is 28.4 Å². The van der Waals surface area contributed by atoms with Gasteiger partial charge in [0, 0.05) is 18.0 Å². The van der Waals surface area contributed by atoms with Crippen molar-refractivity contribution in [3.05, 3.63) is 52.7 Å². The summed E-state index contributed by atoms with van der Waals surface area (Å²) in [6.45, 7) is 1.91. The molecule has 0 spiro atoms. The van der Waals surface area contributed by atoms with Crippen LogP contribution in [0.15, 0.2) is 30.3 Å². The Morgan fingerprint density at radius 1 is 1.19 bits per heavy atom. The Bertz CT molecular complexity index is 814. The zero-order valence-electron chi connectivity index (χ0n) is 11.3. The molecule has 6 heteroatoms. The van der Waals surface area contributed by atoms with E-state index >= 15 is 0 Å². The van der Waals surface area contributed by atoms with Crippen molar-refractivity contribution in [3.8, 4) is 5.69 Å². The third-order valence-corrected chi connectivity index (χ3v) is 3.67. The highest BCUT2D eigenvalue weighted by atomic mass is 35.5. The van der Waals surface area contributed by atoms with Crippen molar-refractivity contribution in [2.24, 2.45) is 0 Å². The Balaban J connectivity index is 2.29. The Kier molecular flexibility index (Phi) is 3.83. The van der Waals surface area contributed by atoms with Crippen LogP contribution in [0, 0.1) is 12.7 Å². The topological polar surface area (TPSA) is 30.7 Å². The largest absolute Gasteiger partial charge is 0.281 e. The van der Waals surface area contributed by atoms with Crippen molar-refractivity contribution in [2.75, 3.05) is 5.88 Å². The molecule has 0 N–H and O–H groups in total. The SMILES string of the molecule is Cc1ccc2nc(CCCl)n(-c3ccc(F)c(Cl)c3)c2n1. The van der Waals surface area contributed by atoms with Crippen molar-refractivity contribution >= 4 is 34.4 Å². The standard InChI is InChI=1S/C15H12Cl2FN3/c1-9-2-5-13-15(19-9)21(14(20-13)6-7-16)10-3-4-12(18)11(17)8-10/h2-5,8H,6-7H2,1H3. The number of aryl methyl sites for hydroxylation is 2. The fourth-order valence-corrected chi connectivity index (χ4v) is 2.59. The predicted octanol–water partition coefficient (Wildman–Crippen LogP) is 4.30. The summed E-state index contributed by atoms with van der Waals surface area (Å²) >= 11 is 11.7. The number of hydrogen-bond donors (Lipinski definition) is 0. The van der Waals surface area contributed by atoms with E-state index in [2.05, 4.69) is 9.97 Å². The summed E-state index contributed by atoms with van der Waals surface area (Å²) in [5.74, 6) is 0.769. The fraction of sp³-hybridized carbons (Fsp3) is 0.200. The fourth-order valence-electron chi connectivity index (χ4n) is 2.25. The third-order valence-electron chi connectivity index (χ3n) is 3.19. The molecule has 0 amide bonds. The van der Waals surface area contributed by atoms with Crippen LogP contribution in [0.25, 0.3) is 16.9 Å². The smallest absolute Gasteiger partial charge is 0.164 e. The summed E-state index contributed by atoms with van der Waals surface area (Å²) in [5.41, 5.74) is 3.11. The summed E-state index contributed by atoms with van der Waals surface area (Å²) < 4.78 is 15.2. The Morgan fingerprint density at radius 2 is 2.00 bits per heavy atom. The van der Waals surface area contributed by atoms with Gasteiger partial charge in [-0.2, -0.15) is 0 Å². The molecule has 0 saturated carbocycles. The number of imidazole rings is 1. The van der Waals surface area contributed by atoms with Gasteiger partial charge in [-0.15, -0.1) is 11.6 Å². The Hall–Kier alpha value is -1.65. The van der Waals surface area contributed by atoms with Crippen molar-refractivity contribution in [2.45, 2.75) is 13.3 Å². The number of halogens is 3. The van der Waals surface area contributed by atoms with E-state index in [4.69, 9.17) is 23.2 Å². The molecule has 2 heterocycles. The monoisotopic (exact) mass is 323 g/mol. The first kappa shape index (κ1) is 14.3. The second-order valence-electron chi connectivity index (χ2n) is 4.70. The molecular weight excluding hydrogens is 312 g/mol. The van der Waals surface area contributed by atoms with Gasteiger partial charge in [0.15, 0.2) is 5.65 Å². The summed E-state index contributed by atoms with van der Waals surface area (Å²) in [6, 6.07) is 8.38. The minimum atomic E-state index is -0.451. The minimum Gasteiger partial charge on any atom is -0.281 e. The second-order valence-corrected chi connectivity index (χ2v) is 5.48. The van der Waals surface area contributed by atoms with Gasteiger partial charge in [-0.05, 0) is 37.3 Å². The van der Waals surface area contributed by atoms with Crippen LogP contribution < -0.4 is 0 Å². The Labute approximate surface area is 131 Å². The zero-order chi connectivity index (χ0) is 15.0. The van der Waals surface area contributed by atoms with Gasteiger partial charge in [0.25, 0.3) is 0 Å². The van der Waals surface area contributed by atoms with Gasteiger partial charge in [0.1, 0.15) is 17.2 Å². The molecule has 1 aromatic carbocycles. The molecule has 0 bridgehead atoms. The van der Waals surface area contributed by atoms with E-state index < -0.39 is 5.82 Å². The van der Waals surface area contributed by atoms with Gasteiger partial charge >= 0.3 is 0 Å². The van der Waals surface area contributed by atoms with Crippen LogP contribution in [0.1, 0.15) is 11.5 Å². The number of aromatic nitrogens is 3. The highest BCUT2D eigenvalue weighted by Gasteiger charge is 2.14. The average molecular weight is 324 g/mol. The molecule has 0 aliphatic heterocycles. The van der Waals surface area contributed by atoms with Crippen molar-refractivity contribution in [3.63, 3.8) is 0 Å². The number of benzene rings is 1. The maximum atomic E-state index is 13.4. The molecular formula is C15H12Cl2FN3. The number of nitrogens with zero attached hydrogens (tertiary/aromatic N) is 3. The van der Waals surface area contributed by atoms with Gasteiger partial charge < -0.3 is 0 Å². The third kappa shape index (κ3) is 2.61. The number of hydrogen-bond acceptors (Lipinski definition) is 2. The normalized spacial score (nSPS) is 11.2. The van der Waals surface area contributed by atoms with Crippen LogP contribution in [0.3, 0.4) is 0 Å². The van der Waals surface area contributed by atoms with E-state index in [1.165, 1.54) is 6.07 Å². The number of fused-ring (bicyclic) bond motifs is 1. The van der Waals surface area contributed by atoms with E-state index in [0.29, 0.717) is 12.3 Å². The Morgan fingerprint density at radius 3 is 2.71 bits per heavy atom. The zero-order valence-corrected chi connectivity index (χ0v) is 12.8. The van der Waals surface area contributed by atoms with Gasteiger partial charge in [-0.1, -0.05) is 11.6 Å². The van der Waals surface area contributed by atoms with E-state index in [1.54, 1.807) is 12.1 Å². The van der Waals surface area contributed by atoms with Crippen LogP contribution >= 0.6 is 23.2 Å². The number of pyridine rings is 1. The van der Waals surface area contributed by atoms with E-state index in [9.17, 15) is 4.39 Å². The van der Waals surface area contributed by atoms with Crippen LogP contribution in [0.5, 0.6) is 0 Å². The van der Waals surface area contributed by atoms with Crippen molar-refractivity contribution in [1.82, 2.24) is 14.5 Å². The molecule has 108 valence electrons. The van der Waals surface area contributed by atoms with E-state index in [1.807, 2.05) is 23.6 Å². The molecule has 0 aliphatic rings. The molecule has 0 radical (unpaired) electrons. The first-order valence-electron chi connectivity index (χ1n) is 6.46. The minimum absolute atomic E-state index is 0.0684. The molecule has 3 nitrogen and oxygen atoms in total. The van der Waals surface area contributed by atoms with Crippen LogP contribution in [-0.2, 0) is 6.42 Å². The molecule has 2 aromatic heterocycles. The first-order chi connectivity index (χ1) is 10.1. The quantitative estimate of drug-likeness (QED) is 0.673. The second kappa shape index (κ2) is 5.62. The maximum Gasteiger partial charge on any atom is 0.164 e. The van der Waals surface area contributed by atoms with Gasteiger partial charge in [-0.3, -0.25) is 4.57 Å². The molecule has 3 rings (SSSR count). The highest BCUT2D eigenvalue weighted by Crippen LogP contribution is 2.24. The molecule has 0 aliphatic carbocycles. The highest BCUT2D eigenvalue weighted by molar-refractivity contribution is 6.30. The lowest BCUT2D eigenvalue weighted by atomic mass is 10.3. The lowest BCUT2D eigenvalue weighted by Crippen LogP contribution is -2.03. The van der Waals surface area contributed by atoms with Crippen LogP contribution in [0.2, 0.25) is 5.02 Å².